The number of aryl methyl sites for hydroxylation is 1. The first-order chi connectivity index (χ1) is 13.3. The van der Waals surface area contributed by atoms with E-state index in [2.05, 4.69) is 25.7 Å². The minimum Gasteiger partial charge on any atom is -0.339 e. The van der Waals surface area contributed by atoms with Crippen molar-refractivity contribution in [1.29, 1.82) is 0 Å². The first-order valence-corrected chi connectivity index (χ1v) is 10.0. The second-order valence-electron chi connectivity index (χ2n) is 5.67. The first kappa shape index (κ1) is 17.5. The van der Waals surface area contributed by atoms with Crippen molar-refractivity contribution in [1.82, 2.24) is 20.3 Å². The number of rotatable bonds is 7. The molecular weight excluding hydrogens is 382 g/mol. The van der Waals surface area contributed by atoms with Gasteiger partial charge in [-0.25, -0.2) is 0 Å². The van der Waals surface area contributed by atoms with E-state index in [0.717, 1.165) is 15.4 Å². The smallest absolute Gasteiger partial charge is 0.226 e. The highest BCUT2D eigenvalue weighted by Crippen LogP contribution is 2.26. The predicted molar refractivity (Wildman–Crippen MR) is 105 cm³/mol. The summed E-state index contributed by atoms with van der Waals surface area (Å²) in [6.07, 6.45) is 1.51. The Kier molecular flexibility index (Phi) is 5.31. The highest BCUT2D eigenvalue weighted by molar-refractivity contribution is 7.18. The molecule has 0 aliphatic rings. The molecule has 1 aromatic carbocycles. The number of thiophene rings is 1. The van der Waals surface area contributed by atoms with Gasteiger partial charge >= 0.3 is 0 Å². The molecule has 0 spiro atoms. The lowest BCUT2D eigenvalue weighted by Crippen LogP contribution is -2.11. The molecule has 3 aromatic heterocycles. The van der Waals surface area contributed by atoms with Crippen molar-refractivity contribution in [3.8, 4) is 21.3 Å². The summed E-state index contributed by atoms with van der Waals surface area (Å²) in [4.78, 5) is 17.4. The van der Waals surface area contributed by atoms with Crippen LogP contribution in [0.1, 0.15) is 18.7 Å². The largest absolute Gasteiger partial charge is 0.339 e. The fourth-order valence-corrected chi connectivity index (χ4v) is 3.83. The van der Waals surface area contributed by atoms with Gasteiger partial charge < -0.3 is 9.84 Å². The van der Waals surface area contributed by atoms with Crippen LogP contribution >= 0.6 is 22.7 Å². The quantitative estimate of drug-likeness (QED) is 0.500. The van der Waals surface area contributed by atoms with Gasteiger partial charge in [-0.1, -0.05) is 52.9 Å². The summed E-state index contributed by atoms with van der Waals surface area (Å²) in [6.45, 7) is 0. The van der Waals surface area contributed by atoms with Crippen LogP contribution in [0.15, 0.2) is 52.4 Å². The molecule has 136 valence electrons. The second-order valence-corrected chi connectivity index (χ2v) is 7.59. The zero-order valence-electron chi connectivity index (χ0n) is 14.2. The zero-order chi connectivity index (χ0) is 18.5. The number of anilines is 1. The van der Waals surface area contributed by atoms with Crippen LogP contribution in [0, 0.1) is 0 Å². The van der Waals surface area contributed by atoms with Gasteiger partial charge in [-0.3, -0.25) is 4.79 Å². The Morgan fingerprint density at radius 2 is 2.00 bits per heavy atom. The molecule has 27 heavy (non-hydrogen) atoms. The Labute approximate surface area is 163 Å². The maximum absolute atomic E-state index is 12.1. The third-order valence-corrected chi connectivity index (χ3v) is 5.45. The molecule has 0 radical (unpaired) electrons. The highest BCUT2D eigenvalue weighted by atomic mass is 32.1. The summed E-state index contributed by atoms with van der Waals surface area (Å²) in [5.74, 6) is 1.02. The van der Waals surface area contributed by atoms with Crippen LogP contribution in [0.2, 0.25) is 0 Å². The monoisotopic (exact) mass is 397 g/mol. The lowest BCUT2D eigenvalue weighted by molar-refractivity contribution is -0.116. The van der Waals surface area contributed by atoms with E-state index in [1.165, 1.54) is 11.3 Å². The molecule has 1 amide bonds. The summed E-state index contributed by atoms with van der Waals surface area (Å²) in [5.41, 5.74) is 0.980. The van der Waals surface area contributed by atoms with Gasteiger partial charge in [0.15, 0.2) is 0 Å². The third kappa shape index (κ3) is 4.44. The molecule has 7 nitrogen and oxygen atoms in total. The van der Waals surface area contributed by atoms with Crippen molar-refractivity contribution in [2.75, 3.05) is 5.32 Å². The lowest BCUT2D eigenvalue weighted by Gasteiger charge is -1.99. The highest BCUT2D eigenvalue weighted by Gasteiger charge is 2.12. The van der Waals surface area contributed by atoms with Gasteiger partial charge in [-0.2, -0.15) is 4.98 Å². The van der Waals surface area contributed by atoms with Gasteiger partial charge in [-0.05, 0) is 17.9 Å². The average Bonchev–Trinajstić information content (AvgIpc) is 3.44. The van der Waals surface area contributed by atoms with E-state index < -0.39 is 0 Å². The minimum absolute atomic E-state index is 0.108. The number of amides is 1. The van der Waals surface area contributed by atoms with Crippen LogP contribution in [0.4, 0.5) is 5.13 Å². The van der Waals surface area contributed by atoms with Crippen LogP contribution in [0.25, 0.3) is 21.3 Å². The van der Waals surface area contributed by atoms with Gasteiger partial charge in [0.2, 0.25) is 22.8 Å². The first-order valence-electron chi connectivity index (χ1n) is 8.33. The van der Waals surface area contributed by atoms with Crippen molar-refractivity contribution >= 4 is 33.7 Å². The molecule has 0 atom stereocenters. The fraction of sp³-hybridized carbons (Fsp3) is 0.167. The molecule has 3 heterocycles. The number of aromatic nitrogens is 4. The van der Waals surface area contributed by atoms with Gasteiger partial charge in [-0.15, -0.1) is 21.5 Å². The van der Waals surface area contributed by atoms with E-state index in [1.54, 1.807) is 11.3 Å². The number of hydrogen-bond donors (Lipinski definition) is 1. The van der Waals surface area contributed by atoms with E-state index in [4.69, 9.17) is 4.52 Å². The molecule has 9 heteroatoms. The number of nitrogens with zero attached hydrogens (tertiary/aromatic N) is 4. The van der Waals surface area contributed by atoms with Crippen molar-refractivity contribution in [2.45, 2.75) is 19.3 Å². The third-order valence-electron chi connectivity index (χ3n) is 3.70. The minimum atomic E-state index is -0.108. The Balaban J connectivity index is 1.26. The molecule has 0 fully saturated rings. The number of hydrogen-bond acceptors (Lipinski definition) is 8. The molecule has 4 aromatic rings. The number of nitrogens with one attached hydrogen (secondary N) is 1. The standard InChI is InChI=1S/C18H15N5O2S2/c24-14(19-18-22-21-17(27-18)12-6-2-1-3-7-12)9-4-10-15-20-16(23-25-15)13-8-5-11-26-13/h1-3,5-8,11H,4,9-10H2,(H,19,22,24). The van der Waals surface area contributed by atoms with E-state index in [1.807, 2.05) is 47.8 Å². The van der Waals surface area contributed by atoms with E-state index in [-0.39, 0.29) is 5.91 Å². The van der Waals surface area contributed by atoms with Gasteiger partial charge in [0.05, 0.1) is 4.88 Å². The Bertz CT molecular complexity index is 1010. The van der Waals surface area contributed by atoms with Crippen LogP contribution in [-0.2, 0) is 11.2 Å². The lowest BCUT2D eigenvalue weighted by atomic mass is 10.2. The summed E-state index contributed by atoms with van der Waals surface area (Å²) < 4.78 is 5.23. The van der Waals surface area contributed by atoms with Crippen molar-refractivity contribution < 1.29 is 9.32 Å². The maximum Gasteiger partial charge on any atom is 0.226 e. The topological polar surface area (TPSA) is 93.8 Å². The van der Waals surface area contributed by atoms with Crippen LogP contribution < -0.4 is 5.32 Å². The summed E-state index contributed by atoms with van der Waals surface area (Å²) >= 11 is 2.91. The predicted octanol–water partition coefficient (Wildman–Crippen LogP) is 4.28. The van der Waals surface area contributed by atoms with Gasteiger partial charge in [0, 0.05) is 18.4 Å². The summed E-state index contributed by atoms with van der Waals surface area (Å²) in [6, 6.07) is 13.6. The SMILES string of the molecule is O=C(CCCc1nc(-c2cccs2)no1)Nc1nnc(-c2ccccc2)s1. The van der Waals surface area contributed by atoms with Crippen LogP contribution in [0.5, 0.6) is 0 Å². The molecule has 0 bridgehead atoms. The molecule has 0 unspecified atom stereocenters. The van der Waals surface area contributed by atoms with Gasteiger partial charge in [0.25, 0.3) is 0 Å². The molecule has 0 aliphatic carbocycles. The zero-order valence-corrected chi connectivity index (χ0v) is 15.8. The van der Waals surface area contributed by atoms with Crippen LogP contribution in [0.3, 0.4) is 0 Å². The number of carbonyl (C=O) groups is 1. The molecule has 0 saturated heterocycles. The van der Waals surface area contributed by atoms with Crippen molar-refractivity contribution in [2.24, 2.45) is 0 Å². The van der Waals surface area contributed by atoms with Crippen molar-refractivity contribution in [3.63, 3.8) is 0 Å². The molecule has 1 N–H and O–H groups in total. The Morgan fingerprint density at radius 1 is 1.11 bits per heavy atom. The summed E-state index contributed by atoms with van der Waals surface area (Å²) in [7, 11) is 0. The Morgan fingerprint density at radius 3 is 2.81 bits per heavy atom. The fourth-order valence-electron chi connectivity index (χ4n) is 2.42. The molecule has 0 aliphatic heterocycles. The second kappa shape index (κ2) is 8.19. The maximum atomic E-state index is 12.1. The number of carbonyl (C=O) groups excluding carboxylic acids is 1. The van der Waals surface area contributed by atoms with E-state index in [9.17, 15) is 4.79 Å². The van der Waals surface area contributed by atoms with Crippen molar-refractivity contribution in [3.05, 3.63) is 53.7 Å². The van der Waals surface area contributed by atoms with Gasteiger partial charge in [0.1, 0.15) is 5.01 Å². The normalized spacial score (nSPS) is 10.8. The molecular formula is C18H15N5O2S2. The van der Waals surface area contributed by atoms with Crippen LogP contribution in [-0.4, -0.2) is 26.2 Å². The Hall–Kier alpha value is -2.91. The average molecular weight is 397 g/mol. The number of benzene rings is 1. The van der Waals surface area contributed by atoms with E-state index in [0.29, 0.717) is 36.1 Å². The molecule has 0 saturated carbocycles. The van der Waals surface area contributed by atoms with E-state index >= 15 is 0 Å². The summed E-state index contributed by atoms with van der Waals surface area (Å²) in [5, 5.41) is 18.1. The molecule has 4 rings (SSSR count).